The summed E-state index contributed by atoms with van der Waals surface area (Å²) in [6.07, 6.45) is 2.59. The molecule has 1 fully saturated rings. The van der Waals surface area contributed by atoms with Gasteiger partial charge < -0.3 is 10.6 Å². The number of rotatable bonds is 6. The zero-order valence-corrected chi connectivity index (χ0v) is 19.9. The summed E-state index contributed by atoms with van der Waals surface area (Å²) in [6.45, 7) is 3.86. The fourth-order valence-corrected chi connectivity index (χ4v) is 5.50. The second kappa shape index (κ2) is 9.78. The molecule has 0 unspecified atom stereocenters. The average molecular weight is 482 g/mol. The van der Waals surface area contributed by atoms with Crippen molar-refractivity contribution in [2.75, 3.05) is 18.4 Å². The van der Waals surface area contributed by atoms with Gasteiger partial charge in [0.25, 0.3) is 5.91 Å². The molecule has 178 valence electrons. The molecular weight excluding hydrogens is 454 g/mol. The number of amides is 2. The number of piperidine rings is 1. The van der Waals surface area contributed by atoms with Gasteiger partial charge in [0.2, 0.25) is 15.9 Å². The molecule has 34 heavy (non-hydrogen) atoms. The van der Waals surface area contributed by atoms with E-state index < -0.39 is 10.0 Å². The lowest BCUT2D eigenvalue weighted by Gasteiger charge is -2.31. The number of sulfonamides is 1. The second-order valence-corrected chi connectivity index (χ2v) is 10.2. The molecule has 1 saturated heterocycles. The number of carbonyl (C=O) groups is 2. The molecule has 2 amide bonds. The van der Waals surface area contributed by atoms with Crippen LogP contribution in [0.3, 0.4) is 0 Å². The van der Waals surface area contributed by atoms with E-state index in [1.807, 2.05) is 37.3 Å². The lowest BCUT2D eigenvalue weighted by molar-refractivity contribution is -0.114. The number of hydrogen-bond donors (Lipinski definition) is 2. The molecule has 0 spiro atoms. The molecular formula is C24H27N5O4S. The largest absolute Gasteiger partial charge is 0.349 e. The minimum absolute atomic E-state index is 0.124. The first-order valence-corrected chi connectivity index (χ1v) is 12.5. The molecule has 2 heterocycles. The van der Waals surface area contributed by atoms with Crippen LogP contribution in [0.4, 0.5) is 5.69 Å². The van der Waals surface area contributed by atoms with Gasteiger partial charge >= 0.3 is 0 Å². The normalized spacial score (nSPS) is 15.1. The SMILES string of the molecule is CC(=O)Nc1ccc(S(=O)(=O)N2CCC(NC(=O)c3cnn(-c4ccccc4)c3C)CC2)cc1. The Labute approximate surface area is 198 Å². The molecule has 0 radical (unpaired) electrons. The molecule has 1 aliphatic heterocycles. The maximum absolute atomic E-state index is 13.0. The van der Waals surface area contributed by atoms with E-state index in [1.54, 1.807) is 23.0 Å². The molecule has 0 atom stereocenters. The Bertz CT molecular complexity index is 1280. The number of para-hydroxylation sites is 1. The smallest absolute Gasteiger partial charge is 0.254 e. The summed E-state index contributed by atoms with van der Waals surface area (Å²) in [7, 11) is -3.65. The van der Waals surface area contributed by atoms with E-state index in [4.69, 9.17) is 0 Å². The first-order chi connectivity index (χ1) is 16.3. The predicted molar refractivity (Wildman–Crippen MR) is 128 cm³/mol. The van der Waals surface area contributed by atoms with Crippen LogP contribution < -0.4 is 10.6 Å². The van der Waals surface area contributed by atoms with Crippen molar-refractivity contribution in [2.24, 2.45) is 0 Å². The lowest BCUT2D eigenvalue weighted by atomic mass is 10.1. The quantitative estimate of drug-likeness (QED) is 0.562. The van der Waals surface area contributed by atoms with Crippen molar-refractivity contribution in [3.63, 3.8) is 0 Å². The standard InChI is InChI=1S/C24H27N5O4S/c1-17-23(16-25-29(17)21-6-4-3-5-7-21)24(31)27-20-12-14-28(15-13-20)34(32,33)22-10-8-19(9-11-22)26-18(2)30/h3-11,16,20H,12-15H2,1-2H3,(H,26,30)(H,27,31). The number of nitrogens with one attached hydrogen (secondary N) is 2. The maximum atomic E-state index is 13.0. The van der Waals surface area contributed by atoms with Gasteiger partial charge in [-0.05, 0) is 56.2 Å². The fraction of sp³-hybridized carbons (Fsp3) is 0.292. The number of anilines is 1. The van der Waals surface area contributed by atoms with Gasteiger partial charge in [-0.1, -0.05) is 18.2 Å². The Morgan fingerprint density at radius 1 is 1.00 bits per heavy atom. The molecule has 2 N–H and O–H groups in total. The zero-order chi connectivity index (χ0) is 24.3. The molecule has 1 aromatic heterocycles. The van der Waals surface area contributed by atoms with Crippen molar-refractivity contribution in [1.82, 2.24) is 19.4 Å². The Kier molecular flexibility index (Phi) is 6.80. The summed E-state index contributed by atoms with van der Waals surface area (Å²) in [5, 5.41) is 9.99. The summed E-state index contributed by atoms with van der Waals surface area (Å²) in [5.74, 6) is -0.433. The third-order valence-electron chi connectivity index (χ3n) is 5.86. The van der Waals surface area contributed by atoms with Crippen molar-refractivity contribution in [3.8, 4) is 5.69 Å². The van der Waals surface area contributed by atoms with E-state index >= 15 is 0 Å². The highest BCUT2D eigenvalue weighted by atomic mass is 32.2. The van der Waals surface area contributed by atoms with Crippen LogP contribution in [0.5, 0.6) is 0 Å². The van der Waals surface area contributed by atoms with E-state index in [2.05, 4.69) is 15.7 Å². The summed E-state index contributed by atoms with van der Waals surface area (Å²) in [5.41, 5.74) is 2.66. The highest BCUT2D eigenvalue weighted by molar-refractivity contribution is 7.89. The first-order valence-electron chi connectivity index (χ1n) is 11.0. The summed E-state index contributed by atoms with van der Waals surface area (Å²) >= 11 is 0. The number of benzene rings is 2. The summed E-state index contributed by atoms with van der Waals surface area (Å²) in [6, 6.07) is 15.6. The molecule has 2 aromatic carbocycles. The van der Waals surface area contributed by atoms with Crippen LogP contribution in [0.1, 0.15) is 35.8 Å². The molecule has 3 aromatic rings. The summed E-state index contributed by atoms with van der Waals surface area (Å²) < 4.78 is 29.1. The van der Waals surface area contributed by atoms with Gasteiger partial charge in [-0.25, -0.2) is 13.1 Å². The van der Waals surface area contributed by atoms with Crippen LogP contribution in [0.15, 0.2) is 65.7 Å². The van der Waals surface area contributed by atoms with Crippen LogP contribution >= 0.6 is 0 Å². The van der Waals surface area contributed by atoms with Crippen LogP contribution in [0, 0.1) is 6.92 Å². The Morgan fingerprint density at radius 2 is 1.65 bits per heavy atom. The number of carbonyl (C=O) groups excluding carboxylic acids is 2. The fourth-order valence-electron chi connectivity index (χ4n) is 4.03. The van der Waals surface area contributed by atoms with Gasteiger partial charge in [0.05, 0.1) is 28.0 Å². The molecule has 10 heteroatoms. The van der Waals surface area contributed by atoms with Crippen molar-refractivity contribution in [3.05, 3.63) is 72.1 Å². The molecule has 0 aliphatic carbocycles. The van der Waals surface area contributed by atoms with E-state index in [0.717, 1.165) is 11.4 Å². The lowest BCUT2D eigenvalue weighted by Crippen LogP contribution is -2.46. The Hall–Kier alpha value is -3.50. The minimum Gasteiger partial charge on any atom is -0.349 e. The minimum atomic E-state index is -3.65. The molecule has 0 bridgehead atoms. The molecule has 9 nitrogen and oxygen atoms in total. The van der Waals surface area contributed by atoms with Crippen LogP contribution in [0.25, 0.3) is 5.69 Å². The van der Waals surface area contributed by atoms with Crippen molar-refractivity contribution < 1.29 is 18.0 Å². The average Bonchev–Trinajstić information content (AvgIpc) is 3.21. The van der Waals surface area contributed by atoms with Gasteiger partial charge in [0.1, 0.15) is 0 Å². The molecule has 0 saturated carbocycles. The van der Waals surface area contributed by atoms with Crippen molar-refractivity contribution >= 4 is 27.5 Å². The summed E-state index contributed by atoms with van der Waals surface area (Å²) in [4.78, 5) is 24.2. The Balaban J connectivity index is 1.36. The van der Waals surface area contributed by atoms with Crippen molar-refractivity contribution in [1.29, 1.82) is 0 Å². The first kappa shape index (κ1) is 23.7. The zero-order valence-electron chi connectivity index (χ0n) is 19.1. The number of aromatic nitrogens is 2. The van der Waals surface area contributed by atoms with Crippen LogP contribution in [-0.4, -0.2) is 53.4 Å². The highest BCUT2D eigenvalue weighted by Gasteiger charge is 2.30. The van der Waals surface area contributed by atoms with Gasteiger partial charge in [-0.15, -0.1) is 0 Å². The van der Waals surface area contributed by atoms with Crippen LogP contribution in [0.2, 0.25) is 0 Å². The third kappa shape index (κ3) is 5.02. The number of hydrogen-bond acceptors (Lipinski definition) is 5. The van der Waals surface area contributed by atoms with Gasteiger partial charge in [-0.3, -0.25) is 9.59 Å². The van der Waals surface area contributed by atoms with Gasteiger partial charge in [-0.2, -0.15) is 9.40 Å². The van der Waals surface area contributed by atoms with Gasteiger partial charge in [0.15, 0.2) is 0 Å². The number of nitrogens with zero attached hydrogens (tertiary/aromatic N) is 3. The van der Waals surface area contributed by atoms with Crippen molar-refractivity contribution in [2.45, 2.75) is 37.6 Å². The van der Waals surface area contributed by atoms with Crippen LogP contribution in [-0.2, 0) is 14.8 Å². The molecule has 4 rings (SSSR count). The highest BCUT2D eigenvalue weighted by Crippen LogP contribution is 2.23. The van der Waals surface area contributed by atoms with E-state index in [-0.39, 0.29) is 22.8 Å². The van der Waals surface area contributed by atoms with Gasteiger partial charge in [0, 0.05) is 31.7 Å². The monoisotopic (exact) mass is 481 g/mol. The second-order valence-electron chi connectivity index (χ2n) is 8.25. The maximum Gasteiger partial charge on any atom is 0.254 e. The van der Waals surface area contributed by atoms with E-state index in [9.17, 15) is 18.0 Å². The molecule has 1 aliphatic rings. The Morgan fingerprint density at radius 3 is 2.26 bits per heavy atom. The van der Waals surface area contributed by atoms with E-state index in [1.165, 1.54) is 23.4 Å². The topological polar surface area (TPSA) is 113 Å². The third-order valence-corrected chi connectivity index (χ3v) is 7.77. The predicted octanol–water partition coefficient (Wildman–Crippen LogP) is 2.72. The van der Waals surface area contributed by atoms with E-state index in [0.29, 0.717) is 37.2 Å².